The van der Waals surface area contributed by atoms with Crippen LogP contribution >= 0.6 is 12.4 Å². The molecule has 1 saturated carbocycles. The van der Waals surface area contributed by atoms with E-state index in [-0.39, 0.29) is 29.4 Å². The fourth-order valence-corrected chi connectivity index (χ4v) is 2.72. The molecular weight excluding hydrogens is 262 g/mol. The van der Waals surface area contributed by atoms with Crippen molar-refractivity contribution in [2.75, 3.05) is 0 Å². The third-order valence-electron chi connectivity index (χ3n) is 2.70. The molecule has 6 heteroatoms. The first-order valence-electron chi connectivity index (χ1n) is 5.23. The molecule has 96 valence electrons. The Kier molecular flexibility index (Phi) is 4.55. The Balaban J connectivity index is 0.00000144. The summed E-state index contributed by atoms with van der Waals surface area (Å²) >= 11 is 0. The van der Waals surface area contributed by atoms with Gasteiger partial charge in [-0.2, -0.15) is 8.42 Å². The highest BCUT2D eigenvalue weighted by atomic mass is 35.5. The van der Waals surface area contributed by atoms with E-state index in [1.165, 1.54) is 0 Å². The fourth-order valence-electron chi connectivity index (χ4n) is 1.62. The normalized spacial score (nSPS) is 23.6. The van der Waals surface area contributed by atoms with E-state index in [4.69, 9.17) is 9.92 Å². The van der Waals surface area contributed by atoms with Gasteiger partial charge in [0.2, 0.25) is 0 Å². The van der Waals surface area contributed by atoms with E-state index < -0.39 is 10.1 Å². The standard InChI is InChI=1S/C11H15NO3S.ClH/c1-8-2-4-11(5-3-8)16(13,14)15-10-6-9(12)7-10;/h2-5,9-10H,6-7,12H2,1H3;1H. The third kappa shape index (κ3) is 3.42. The van der Waals surface area contributed by atoms with E-state index in [1.54, 1.807) is 24.3 Å². The van der Waals surface area contributed by atoms with Gasteiger partial charge in [-0.3, -0.25) is 4.18 Å². The Morgan fingerprint density at radius 3 is 2.24 bits per heavy atom. The van der Waals surface area contributed by atoms with Gasteiger partial charge in [0.25, 0.3) is 10.1 Å². The van der Waals surface area contributed by atoms with Crippen molar-refractivity contribution in [3.8, 4) is 0 Å². The molecule has 0 heterocycles. The molecule has 0 spiro atoms. The van der Waals surface area contributed by atoms with Crippen molar-refractivity contribution < 1.29 is 12.6 Å². The van der Waals surface area contributed by atoms with Crippen molar-refractivity contribution in [2.24, 2.45) is 5.73 Å². The number of hydrogen-bond acceptors (Lipinski definition) is 4. The van der Waals surface area contributed by atoms with E-state index in [1.807, 2.05) is 6.92 Å². The summed E-state index contributed by atoms with van der Waals surface area (Å²) < 4.78 is 28.6. The summed E-state index contributed by atoms with van der Waals surface area (Å²) in [6.45, 7) is 1.90. The van der Waals surface area contributed by atoms with E-state index >= 15 is 0 Å². The predicted molar refractivity (Wildman–Crippen MR) is 67.7 cm³/mol. The number of aryl methyl sites for hydroxylation is 1. The molecule has 1 aliphatic carbocycles. The van der Waals surface area contributed by atoms with Crippen molar-refractivity contribution >= 4 is 22.5 Å². The van der Waals surface area contributed by atoms with Gasteiger partial charge < -0.3 is 5.73 Å². The van der Waals surface area contributed by atoms with Crippen LogP contribution < -0.4 is 5.73 Å². The van der Waals surface area contributed by atoms with Gasteiger partial charge in [-0.15, -0.1) is 12.4 Å². The summed E-state index contributed by atoms with van der Waals surface area (Å²) in [6, 6.07) is 6.70. The molecule has 0 saturated heterocycles. The number of nitrogens with two attached hydrogens (primary N) is 1. The Morgan fingerprint density at radius 2 is 1.76 bits per heavy atom. The first-order chi connectivity index (χ1) is 7.47. The van der Waals surface area contributed by atoms with Crippen LogP contribution in [0.5, 0.6) is 0 Å². The van der Waals surface area contributed by atoms with Gasteiger partial charge in [-0.25, -0.2) is 0 Å². The second kappa shape index (κ2) is 5.35. The van der Waals surface area contributed by atoms with Crippen molar-refractivity contribution in [1.29, 1.82) is 0 Å². The molecule has 1 aliphatic rings. The lowest BCUT2D eigenvalue weighted by Gasteiger charge is -2.31. The molecule has 17 heavy (non-hydrogen) atoms. The molecule has 0 aliphatic heterocycles. The maximum absolute atomic E-state index is 11.8. The van der Waals surface area contributed by atoms with Gasteiger partial charge in [0.15, 0.2) is 0 Å². The summed E-state index contributed by atoms with van der Waals surface area (Å²) in [4.78, 5) is 0.207. The lowest BCUT2D eigenvalue weighted by molar-refractivity contribution is 0.108. The Labute approximate surface area is 108 Å². The molecular formula is C11H16ClNO3S. The molecule has 0 atom stereocenters. The van der Waals surface area contributed by atoms with Crippen LogP contribution in [0.2, 0.25) is 0 Å². The molecule has 0 amide bonds. The average molecular weight is 278 g/mol. The highest BCUT2D eigenvalue weighted by Gasteiger charge is 2.31. The lowest BCUT2D eigenvalue weighted by atomic mass is 9.91. The minimum atomic E-state index is -3.62. The van der Waals surface area contributed by atoms with Gasteiger partial charge in [0.1, 0.15) is 0 Å². The summed E-state index contributed by atoms with van der Waals surface area (Å²) in [5.41, 5.74) is 6.59. The van der Waals surface area contributed by atoms with Gasteiger partial charge >= 0.3 is 0 Å². The SMILES string of the molecule is Cc1ccc(S(=O)(=O)OC2CC(N)C2)cc1.Cl. The quantitative estimate of drug-likeness (QED) is 0.852. The highest BCUT2D eigenvalue weighted by molar-refractivity contribution is 7.86. The molecule has 0 unspecified atom stereocenters. The number of halogens is 1. The maximum atomic E-state index is 11.8. The van der Waals surface area contributed by atoms with Crippen molar-refractivity contribution in [1.82, 2.24) is 0 Å². The van der Waals surface area contributed by atoms with Crippen LogP contribution in [-0.2, 0) is 14.3 Å². The highest BCUT2D eigenvalue weighted by Crippen LogP contribution is 2.25. The van der Waals surface area contributed by atoms with E-state index in [9.17, 15) is 8.42 Å². The smallest absolute Gasteiger partial charge is 0.297 e. The molecule has 1 aromatic rings. The summed E-state index contributed by atoms with van der Waals surface area (Å²) in [5.74, 6) is 0. The monoisotopic (exact) mass is 277 g/mol. The molecule has 0 aromatic heterocycles. The van der Waals surface area contributed by atoms with Crippen LogP contribution in [0.15, 0.2) is 29.2 Å². The summed E-state index contributed by atoms with van der Waals surface area (Å²) in [6.07, 6.45) is 0.984. The first-order valence-corrected chi connectivity index (χ1v) is 6.64. The maximum Gasteiger partial charge on any atom is 0.297 e. The van der Waals surface area contributed by atoms with Gasteiger partial charge in [-0.05, 0) is 31.9 Å². The molecule has 4 nitrogen and oxygen atoms in total. The van der Waals surface area contributed by atoms with Crippen LogP contribution in [0.25, 0.3) is 0 Å². The third-order valence-corrected chi connectivity index (χ3v) is 4.08. The second-order valence-corrected chi connectivity index (χ2v) is 5.79. The van der Waals surface area contributed by atoms with Crippen LogP contribution in [0, 0.1) is 6.92 Å². The zero-order valence-corrected chi connectivity index (χ0v) is 11.1. The second-order valence-electron chi connectivity index (χ2n) is 4.22. The minimum absolute atomic E-state index is 0. The topological polar surface area (TPSA) is 69.4 Å². The summed E-state index contributed by atoms with van der Waals surface area (Å²) in [7, 11) is -3.62. The largest absolute Gasteiger partial charge is 0.328 e. The number of benzene rings is 1. The van der Waals surface area contributed by atoms with E-state index in [0.717, 1.165) is 5.56 Å². The Hall–Kier alpha value is -0.620. The molecule has 2 N–H and O–H groups in total. The summed E-state index contributed by atoms with van der Waals surface area (Å²) in [5, 5.41) is 0. The number of rotatable bonds is 3. The van der Waals surface area contributed by atoms with Gasteiger partial charge in [0, 0.05) is 6.04 Å². The molecule has 1 aromatic carbocycles. The Bertz CT molecular complexity index is 466. The van der Waals surface area contributed by atoms with Crippen LogP contribution in [0.4, 0.5) is 0 Å². The van der Waals surface area contributed by atoms with Crippen molar-refractivity contribution in [2.45, 2.75) is 36.8 Å². The molecule has 0 bridgehead atoms. The predicted octanol–water partition coefficient (Wildman–Crippen LogP) is 1.61. The minimum Gasteiger partial charge on any atom is -0.328 e. The van der Waals surface area contributed by atoms with Gasteiger partial charge in [-0.1, -0.05) is 17.7 Å². The van der Waals surface area contributed by atoms with Crippen molar-refractivity contribution in [3.63, 3.8) is 0 Å². The molecule has 1 fully saturated rings. The van der Waals surface area contributed by atoms with Crippen LogP contribution in [0.3, 0.4) is 0 Å². The number of hydrogen-bond donors (Lipinski definition) is 1. The zero-order chi connectivity index (χ0) is 11.8. The van der Waals surface area contributed by atoms with E-state index in [2.05, 4.69) is 0 Å². The van der Waals surface area contributed by atoms with Crippen LogP contribution in [-0.4, -0.2) is 20.6 Å². The first kappa shape index (κ1) is 14.4. The Morgan fingerprint density at radius 1 is 1.24 bits per heavy atom. The average Bonchev–Trinajstić information content (AvgIpc) is 2.15. The van der Waals surface area contributed by atoms with E-state index in [0.29, 0.717) is 12.8 Å². The molecule has 2 rings (SSSR count). The zero-order valence-electron chi connectivity index (χ0n) is 9.50. The fraction of sp³-hybridized carbons (Fsp3) is 0.455. The lowest BCUT2D eigenvalue weighted by Crippen LogP contribution is -2.42. The van der Waals surface area contributed by atoms with Gasteiger partial charge in [0.05, 0.1) is 11.0 Å². The van der Waals surface area contributed by atoms with Crippen LogP contribution in [0.1, 0.15) is 18.4 Å². The van der Waals surface area contributed by atoms with Crippen molar-refractivity contribution in [3.05, 3.63) is 29.8 Å². The molecule has 0 radical (unpaired) electrons.